The molecule has 2 unspecified atom stereocenters. The molecule has 3 N–H and O–H groups in total. The zero-order valence-corrected chi connectivity index (χ0v) is 26.9. The lowest BCUT2D eigenvalue weighted by atomic mass is 9.95. The number of carbonyl (C=O) groups is 1. The molecule has 4 aromatic rings. The van der Waals surface area contributed by atoms with Crippen molar-refractivity contribution in [1.29, 1.82) is 0 Å². The van der Waals surface area contributed by atoms with Crippen LogP contribution in [0.1, 0.15) is 32.1 Å². The first-order valence-corrected chi connectivity index (χ1v) is 17.3. The minimum Gasteiger partial charge on any atom is -0.461 e. The van der Waals surface area contributed by atoms with E-state index >= 15 is 4.39 Å². The molecule has 9 rings (SSSR count). The van der Waals surface area contributed by atoms with Crippen molar-refractivity contribution in [3.05, 3.63) is 34.9 Å². The fourth-order valence-corrected chi connectivity index (χ4v) is 9.46. The van der Waals surface area contributed by atoms with Gasteiger partial charge in [0.2, 0.25) is 5.91 Å². The maximum Gasteiger partial charge on any atom is 0.319 e. The molecule has 246 valence electrons. The maximum absolute atomic E-state index is 16.9. The largest absolute Gasteiger partial charge is 0.461 e. The summed E-state index contributed by atoms with van der Waals surface area (Å²) >= 11 is 7.82. The number of hydrogen-bond acceptors (Lipinski definition) is 10. The second-order valence-corrected chi connectivity index (χ2v) is 14.9. The fourth-order valence-electron chi connectivity index (χ4n) is 8.40. The number of amides is 1. The predicted octanol–water partition coefficient (Wildman–Crippen LogP) is 4.53. The van der Waals surface area contributed by atoms with Crippen LogP contribution >= 0.6 is 22.9 Å². The van der Waals surface area contributed by atoms with Crippen LogP contribution < -0.4 is 20.7 Å². The zero-order chi connectivity index (χ0) is 32.2. The molecule has 5 fully saturated rings. The predicted molar refractivity (Wildman–Crippen MR) is 174 cm³/mol. The number of anilines is 2. The van der Waals surface area contributed by atoms with E-state index in [9.17, 15) is 13.6 Å². The maximum atomic E-state index is 16.9. The van der Waals surface area contributed by atoms with E-state index in [1.807, 2.05) is 4.90 Å². The molecule has 7 heterocycles. The molecular formula is C32H32ClF3N8O2S. The Hall–Kier alpha value is -3.46. The lowest BCUT2D eigenvalue weighted by Gasteiger charge is -2.42. The van der Waals surface area contributed by atoms with Gasteiger partial charge in [0.1, 0.15) is 29.9 Å². The number of halogens is 4. The quantitative estimate of drug-likeness (QED) is 0.282. The number of hydrogen-bond donors (Lipinski definition) is 2. The van der Waals surface area contributed by atoms with Crippen LogP contribution in [0.5, 0.6) is 6.01 Å². The number of thiazole rings is 1. The highest BCUT2D eigenvalue weighted by Crippen LogP contribution is 2.45. The minimum atomic E-state index is -0.929. The zero-order valence-electron chi connectivity index (χ0n) is 25.3. The smallest absolute Gasteiger partial charge is 0.319 e. The second-order valence-electron chi connectivity index (χ2n) is 13.5. The third-order valence-corrected chi connectivity index (χ3v) is 11.8. The molecule has 5 aliphatic heterocycles. The normalized spacial score (nSPS) is 28.5. The number of nitrogens with two attached hydrogens (primary N) is 1. The number of ether oxygens (including phenoxy) is 1. The third kappa shape index (κ3) is 4.73. The summed E-state index contributed by atoms with van der Waals surface area (Å²) in [4.78, 5) is 33.0. The standard InChI is InChI=1S/C32H32ClF3N8O2S/c33-20-8-19-25(24(36)23(20)18-4-5-21(35)27-26(18)39-30(37)47-27)40-31(46-14-32-6-1-7-43(32)11-15(34)9-32)41-28(19)42-12-16-2-3-17(13-42)44(16)29(45)22-10-38-22/h4-5,8,15-17,22,38H,1-3,6-7,9-14H2,(H2,37,39)/t15-,16?,17?,22+,32+/m1/s1. The van der Waals surface area contributed by atoms with Gasteiger partial charge in [-0.25, -0.2) is 18.2 Å². The van der Waals surface area contributed by atoms with Crippen LogP contribution in [-0.2, 0) is 4.79 Å². The fraction of sp³-hybridized carbons (Fsp3) is 0.500. The van der Waals surface area contributed by atoms with E-state index in [-0.39, 0.29) is 68.1 Å². The van der Waals surface area contributed by atoms with Gasteiger partial charge >= 0.3 is 6.01 Å². The van der Waals surface area contributed by atoms with E-state index in [1.165, 1.54) is 12.1 Å². The van der Waals surface area contributed by atoms with Crippen molar-refractivity contribution in [2.45, 2.75) is 61.9 Å². The lowest BCUT2D eigenvalue weighted by molar-refractivity contribution is -0.133. The SMILES string of the molecule is Nc1nc2c(-c3c(Cl)cc4c(N5CC6CCC(C5)N6C(=O)[C@@H]5CN5)nc(OC[C@@]56CCCN5C[C@H](F)C6)nc4c3F)ccc(F)c2s1. The third-order valence-electron chi connectivity index (χ3n) is 10.6. The average molecular weight is 685 g/mol. The Labute approximate surface area is 277 Å². The summed E-state index contributed by atoms with van der Waals surface area (Å²) in [6.07, 6.45) is 2.92. The first kappa shape index (κ1) is 29.7. The number of benzene rings is 2. The van der Waals surface area contributed by atoms with Gasteiger partial charge in [-0.3, -0.25) is 9.69 Å². The van der Waals surface area contributed by atoms with Gasteiger partial charge in [-0.2, -0.15) is 9.97 Å². The van der Waals surface area contributed by atoms with E-state index < -0.39 is 23.3 Å². The highest BCUT2D eigenvalue weighted by molar-refractivity contribution is 7.22. The molecule has 5 saturated heterocycles. The second kappa shape index (κ2) is 10.8. The number of alkyl halides is 1. The summed E-state index contributed by atoms with van der Waals surface area (Å²) in [6, 6.07) is 4.17. The van der Waals surface area contributed by atoms with E-state index in [4.69, 9.17) is 27.1 Å². The van der Waals surface area contributed by atoms with Crippen LogP contribution in [0, 0.1) is 11.6 Å². The van der Waals surface area contributed by atoms with Gasteiger partial charge in [-0.15, -0.1) is 0 Å². The first-order valence-electron chi connectivity index (χ1n) is 16.1. The molecular weight excluding hydrogens is 653 g/mol. The molecule has 2 aromatic carbocycles. The molecule has 47 heavy (non-hydrogen) atoms. The highest BCUT2D eigenvalue weighted by Gasteiger charge is 2.50. The van der Waals surface area contributed by atoms with Gasteiger partial charge in [0.25, 0.3) is 0 Å². The molecule has 2 aromatic heterocycles. The van der Waals surface area contributed by atoms with E-state index in [0.29, 0.717) is 49.4 Å². The molecule has 15 heteroatoms. The molecule has 1 amide bonds. The van der Waals surface area contributed by atoms with Crippen LogP contribution in [0.4, 0.5) is 24.1 Å². The van der Waals surface area contributed by atoms with E-state index in [1.54, 1.807) is 6.07 Å². The Kier molecular flexibility index (Phi) is 6.80. The summed E-state index contributed by atoms with van der Waals surface area (Å²) in [6.45, 7) is 3.09. The van der Waals surface area contributed by atoms with Gasteiger partial charge in [-0.1, -0.05) is 22.9 Å². The molecule has 5 atom stereocenters. The van der Waals surface area contributed by atoms with Crippen molar-refractivity contribution in [1.82, 2.24) is 30.1 Å². The van der Waals surface area contributed by atoms with Crippen molar-refractivity contribution in [3.63, 3.8) is 0 Å². The van der Waals surface area contributed by atoms with Crippen LogP contribution in [0.2, 0.25) is 5.02 Å². The topological polar surface area (TPSA) is 123 Å². The van der Waals surface area contributed by atoms with Crippen molar-refractivity contribution < 1.29 is 22.7 Å². The number of piperazine rings is 1. The van der Waals surface area contributed by atoms with E-state index in [0.717, 1.165) is 43.6 Å². The van der Waals surface area contributed by atoms with Crippen LogP contribution in [0.15, 0.2) is 18.2 Å². The Morgan fingerprint density at radius 3 is 2.70 bits per heavy atom. The number of aromatic nitrogens is 3. The summed E-state index contributed by atoms with van der Waals surface area (Å²) < 4.78 is 52.6. The lowest BCUT2D eigenvalue weighted by Crippen LogP contribution is -2.57. The Morgan fingerprint density at radius 1 is 1.15 bits per heavy atom. The van der Waals surface area contributed by atoms with Crippen LogP contribution in [0.25, 0.3) is 32.2 Å². The van der Waals surface area contributed by atoms with Crippen LogP contribution in [0.3, 0.4) is 0 Å². The van der Waals surface area contributed by atoms with Gasteiger partial charge in [-0.05, 0) is 50.4 Å². The summed E-state index contributed by atoms with van der Waals surface area (Å²) in [5, 5.41) is 3.75. The van der Waals surface area contributed by atoms with E-state index in [2.05, 4.69) is 25.1 Å². The summed E-state index contributed by atoms with van der Waals surface area (Å²) in [7, 11) is 0. The molecule has 0 saturated carbocycles. The monoisotopic (exact) mass is 684 g/mol. The number of rotatable bonds is 6. The van der Waals surface area contributed by atoms with Crippen molar-refractivity contribution in [2.24, 2.45) is 0 Å². The van der Waals surface area contributed by atoms with Gasteiger partial charge in [0, 0.05) is 61.2 Å². The number of nitrogens with one attached hydrogen (secondary N) is 1. The Balaban J connectivity index is 1.15. The summed E-state index contributed by atoms with van der Waals surface area (Å²) in [5.41, 5.74) is 5.99. The first-order chi connectivity index (χ1) is 22.7. The Bertz CT molecular complexity index is 1950. The van der Waals surface area contributed by atoms with Gasteiger partial charge in [0.05, 0.1) is 26.8 Å². The van der Waals surface area contributed by atoms with Crippen molar-refractivity contribution in [3.8, 4) is 17.1 Å². The molecule has 0 aliphatic carbocycles. The van der Waals surface area contributed by atoms with Gasteiger partial charge in [0.15, 0.2) is 10.9 Å². The number of nitrogen functional groups attached to an aromatic ring is 1. The minimum absolute atomic E-state index is 0.00585. The Morgan fingerprint density at radius 2 is 1.94 bits per heavy atom. The number of nitrogens with zero attached hydrogens (tertiary/aromatic N) is 6. The molecule has 10 nitrogen and oxygen atoms in total. The number of carbonyl (C=O) groups excluding carboxylic acids is 1. The summed E-state index contributed by atoms with van der Waals surface area (Å²) in [5.74, 6) is -0.641. The average Bonchev–Trinajstić information content (AvgIpc) is 3.49. The molecule has 0 radical (unpaired) electrons. The van der Waals surface area contributed by atoms with Crippen molar-refractivity contribution >= 4 is 60.9 Å². The highest BCUT2D eigenvalue weighted by atomic mass is 35.5. The molecule has 5 aliphatic rings. The van der Waals surface area contributed by atoms with Crippen molar-refractivity contribution in [2.75, 3.05) is 50.0 Å². The van der Waals surface area contributed by atoms with Gasteiger partial charge < -0.3 is 25.6 Å². The number of fused-ring (bicyclic) bond motifs is 5. The molecule has 0 spiro atoms. The van der Waals surface area contributed by atoms with Crippen LogP contribution in [-0.4, -0.2) is 99.8 Å². The molecule has 2 bridgehead atoms.